The standard InChI is InChI=1S/C16H18N2O4/c1-21-15-14(16(19)20)13(7-8-18-15)22-10-12(17)9-11-5-3-2-4-6-11/h2-8,12H,9-10,17H2,1H3,(H,19,20)/t12-/m1/s1. The molecular weight excluding hydrogens is 284 g/mol. The molecule has 1 atom stereocenters. The second-order valence-corrected chi connectivity index (χ2v) is 4.76. The van der Waals surface area contributed by atoms with Gasteiger partial charge in [0, 0.05) is 12.2 Å². The number of carbonyl (C=O) groups is 1. The molecule has 2 rings (SSSR count). The number of aromatic carboxylic acids is 1. The van der Waals surface area contributed by atoms with Gasteiger partial charge in [-0.05, 0) is 18.1 Å². The van der Waals surface area contributed by atoms with Gasteiger partial charge < -0.3 is 20.3 Å². The summed E-state index contributed by atoms with van der Waals surface area (Å²) in [5.41, 5.74) is 7.03. The molecule has 3 N–H and O–H groups in total. The lowest BCUT2D eigenvalue weighted by molar-refractivity contribution is 0.0687. The van der Waals surface area contributed by atoms with Gasteiger partial charge in [-0.3, -0.25) is 0 Å². The first-order valence-electron chi connectivity index (χ1n) is 6.80. The zero-order chi connectivity index (χ0) is 15.9. The molecule has 22 heavy (non-hydrogen) atoms. The Hall–Kier alpha value is -2.60. The van der Waals surface area contributed by atoms with Crippen LogP contribution in [0.5, 0.6) is 11.6 Å². The van der Waals surface area contributed by atoms with Crippen LogP contribution in [-0.2, 0) is 6.42 Å². The monoisotopic (exact) mass is 302 g/mol. The van der Waals surface area contributed by atoms with Gasteiger partial charge in [0.15, 0.2) is 5.56 Å². The van der Waals surface area contributed by atoms with Crippen molar-refractivity contribution in [1.82, 2.24) is 4.98 Å². The number of carboxylic acids is 1. The summed E-state index contributed by atoms with van der Waals surface area (Å²) in [7, 11) is 1.36. The van der Waals surface area contributed by atoms with Crippen molar-refractivity contribution in [3.05, 3.63) is 53.7 Å². The summed E-state index contributed by atoms with van der Waals surface area (Å²) in [6.07, 6.45) is 2.08. The maximum absolute atomic E-state index is 11.3. The van der Waals surface area contributed by atoms with Gasteiger partial charge in [0.1, 0.15) is 12.4 Å². The third-order valence-electron chi connectivity index (χ3n) is 3.08. The molecule has 0 unspecified atom stereocenters. The molecule has 2 aromatic rings. The number of methoxy groups -OCH3 is 1. The van der Waals surface area contributed by atoms with Crippen LogP contribution in [0.4, 0.5) is 0 Å². The molecule has 0 aliphatic rings. The summed E-state index contributed by atoms with van der Waals surface area (Å²) in [4.78, 5) is 15.2. The lowest BCUT2D eigenvalue weighted by Crippen LogP contribution is -2.30. The molecule has 6 nitrogen and oxygen atoms in total. The van der Waals surface area contributed by atoms with Gasteiger partial charge in [-0.25, -0.2) is 9.78 Å². The Labute approximate surface area is 128 Å². The number of nitrogens with zero attached hydrogens (tertiary/aromatic N) is 1. The number of hydrogen-bond donors (Lipinski definition) is 2. The molecule has 116 valence electrons. The quantitative estimate of drug-likeness (QED) is 0.809. The highest BCUT2D eigenvalue weighted by atomic mass is 16.5. The fraction of sp³-hybridized carbons (Fsp3) is 0.250. The van der Waals surface area contributed by atoms with Gasteiger partial charge in [-0.15, -0.1) is 0 Å². The summed E-state index contributed by atoms with van der Waals surface area (Å²) in [5, 5.41) is 9.25. The molecular formula is C16H18N2O4. The first kappa shape index (κ1) is 15.8. The maximum atomic E-state index is 11.3. The highest BCUT2D eigenvalue weighted by molar-refractivity contribution is 5.93. The van der Waals surface area contributed by atoms with Crippen molar-refractivity contribution in [2.45, 2.75) is 12.5 Å². The third-order valence-corrected chi connectivity index (χ3v) is 3.08. The number of aromatic nitrogens is 1. The van der Waals surface area contributed by atoms with E-state index in [-0.39, 0.29) is 29.8 Å². The van der Waals surface area contributed by atoms with Crippen LogP contribution in [0.2, 0.25) is 0 Å². The number of nitrogens with two attached hydrogens (primary N) is 1. The Bertz CT molecular complexity index is 631. The van der Waals surface area contributed by atoms with Crippen LogP contribution in [0.25, 0.3) is 0 Å². The molecule has 0 aliphatic heterocycles. The van der Waals surface area contributed by atoms with Crippen LogP contribution in [0.3, 0.4) is 0 Å². The van der Waals surface area contributed by atoms with Crippen LogP contribution in [0.15, 0.2) is 42.6 Å². The van der Waals surface area contributed by atoms with Crippen LogP contribution in [-0.4, -0.2) is 35.8 Å². The van der Waals surface area contributed by atoms with Crippen LogP contribution < -0.4 is 15.2 Å². The number of benzene rings is 1. The molecule has 1 aromatic carbocycles. The lowest BCUT2D eigenvalue weighted by atomic mass is 10.1. The molecule has 6 heteroatoms. The van der Waals surface area contributed by atoms with E-state index in [9.17, 15) is 9.90 Å². The first-order valence-corrected chi connectivity index (χ1v) is 6.80. The van der Waals surface area contributed by atoms with Crippen molar-refractivity contribution >= 4 is 5.97 Å². The number of carboxylic acid groups (broad SMARTS) is 1. The minimum atomic E-state index is -1.16. The molecule has 1 aromatic heterocycles. The molecule has 0 bridgehead atoms. The fourth-order valence-corrected chi connectivity index (χ4v) is 2.07. The number of rotatable bonds is 7. The Balaban J connectivity index is 2.03. The number of hydrogen-bond acceptors (Lipinski definition) is 5. The second-order valence-electron chi connectivity index (χ2n) is 4.76. The minimum absolute atomic E-state index is 0.0154. The SMILES string of the molecule is COc1nccc(OC[C@H](N)Cc2ccccc2)c1C(=O)O. The number of pyridine rings is 1. The van der Waals surface area contributed by atoms with E-state index in [1.54, 1.807) is 0 Å². The maximum Gasteiger partial charge on any atom is 0.345 e. The average Bonchev–Trinajstić information content (AvgIpc) is 2.53. The Morgan fingerprint density at radius 2 is 2.05 bits per heavy atom. The summed E-state index contributed by atoms with van der Waals surface area (Å²) >= 11 is 0. The summed E-state index contributed by atoms with van der Waals surface area (Å²) in [5.74, 6) is -0.943. The van der Waals surface area contributed by atoms with Crippen molar-refractivity contribution in [3.8, 4) is 11.6 Å². The lowest BCUT2D eigenvalue weighted by Gasteiger charge is -2.15. The normalized spacial score (nSPS) is 11.7. The molecule has 0 amide bonds. The van der Waals surface area contributed by atoms with E-state index in [4.69, 9.17) is 15.2 Å². The largest absolute Gasteiger partial charge is 0.491 e. The zero-order valence-electron chi connectivity index (χ0n) is 12.2. The van der Waals surface area contributed by atoms with Crippen LogP contribution in [0.1, 0.15) is 15.9 Å². The predicted molar refractivity (Wildman–Crippen MR) is 81.4 cm³/mol. The molecule has 0 spiro atoms. The van der Waals surface area contributed by atoms with Crippen LogP contribution >= 0.6 is 0 Å². The van der Waals surface area contributed by atoms with Crippen molar-refractivity contribution in [1.29, 1.82) is 0 Å². The molecule has 0 aliphatic carbocycles. The van der Waals surface area contributed by atoms with Crippen molar-refractivity contribution < 1.29 is 19.4 Å². The molecule has 1 heterocycles. The zero-order valence-corrected chi connectivity index (χ0v) is 12.2. The van der Waals surface area contributed by atoms with Crippen LogP contribution in [0, 0.1) is 0 Å². The van der Waals surface area contributed by atoms with E-state index in [1.807, 2.05) is 30.3 Å². The second kappa shape index (κ2) is 7.42. The van der Waals surface area contributed by atoms with E-state index in [2.05, 4.69) is 4.98 Å². The molecule has 0 saturated carbocycles. The van der Waals surface area contributed by atoms with Crippen molar-refractivity contribution in [2.24, 2.45) is 5.73 Å². The van der Waals surface area contributed by atoms with E-state index in [0.29, 0.717) is 6.42 Å². The predicted octanol–water partition coefficient (Wildman–Crippen LogP) is 1.74. The van der Waals surface area contributed by atoms with Gasteiger partial charge in [-0.2, -0.15) is 0 Å². The van der Waals surface area contributed by atoms with Gasteiger partial charge in [-0.1, -0.05) is 30.3 Å². The molecule has 0 fully saturated rings. The topological polar surface area (TPSA) is 94.7 Å². The Morgan fingerprint density at radius 3 is 2.68 bits per heavy atom. The van der Waals surface area contributed by atoms with Gasteiger partial charge >= 0.3 is 5.97 Å². The van der Waals surface area contributed by atoms with E-state index >= 15 is 0 Å². The number of ether oxygens (including phenoxy) is 2. The average molecular weight is 302 g/mol. The smallest absolute Gasteiger partial charge is 0.345 e. The minimum Gasteiger partial charge on any atom is -0.491 e. The third kappa shape index (κ3) is 3.95. The van der Waals surface area contributed by atoms with Gasteiger partial charge in [0.05, 0.1) is 7.11 Å². The highest BCUT2D eigenvalue weighted by Gasteiger charge is 2.19. The molecule has 0 radical (unpaired) electrons. The Kier molecular flexibility index (Phi) is 5.32. The van der Waals surface area contributed by atoms with Crippen molar-refractivity contribution in [2.75, 3.05) is 13.7 Å². The van der Waals surface area contributed by atoms with E-state index < -0.39 is 5.97 Å². The Morgan fingerprint density at radius 1 is 1.32 bits per heavy atom. The summed E-state index contributed by atoms with van der Waals surface area (Å²) in [6, 6.07) is 11.0. The van der Waals surface area contributed by atoms with E-state index in [1.165, 1.54) is 19.4 Å². The molecule has 0 saturated heterocycles. The van der Waals surface area contributed by atoms with Crippen molar-refractivity contribution in [3.63, 3.8) is 0 Å². The van der Waals surface area contributed by atoms with Gasteiger partial charge in [0.2, 0.25) is 5.88 Å². The first-order chi connectivity index (χ1) is 10.6. The summed E-state index contributed by atoms with van der Waals surface area (Å²) < 4.78 is 10.5. The summed E-state index contributed by atoms with van der Waals surface area (Å²) in [6.45, 7) is 0.197. The van der Waals surface area contributed by atoms with E-state index in [0.717, 1.165) is 5.56 Å². The van der Waals surface area contributed by atoms with Gasteiger partial charge in [0.25, 0.3) is 0 Å². The highest BCUT2D eigenvalue weighted by Crippen LogP contribution is 2.26. The fourth-order valence-electron chi connectivity index (χ4n) is 2.07.